The molecule has 0 aliphatic heterocycles. The normalized spacial score (nSPS) is 11.6. The highest BCUT2D eigenvalue weighted by Gasteiger charge is 2.12. The smallest absolute Gasteiger partial charge is 0.190 e. The molecule has 0 fully saturated rings. The van der Waals surface area contributed by atoms with Crippen LogP contribution in [0.2, 0.25) is 0 Å². The van der Waals surface area contributed by atoms with E-state index in [-0.39, 0.29) is 0 Å². The summed E-state index contributed by atoms with van der Waals surface area (Å²) in [4.78, 5) is 9.99. The van der Waals surface area contributed by atoms with Gasteiger partial charge in [0.1, 0.15) is 5.75 Å². The number of pyridine rings is 1. The number of nitrogens with zero attached hydrogens (tertiary/aromatic N) is 3. The summed E-state index contributed by atoms with van der Waals surface area (Å²) in [5, 5.41) is 4.44. The van der Waals surface area contributed by atoms with Crippen LogP contribution in [0, 0.1) is 0 Å². The number of hydrogen-bond donors (Lipinski definition) is 0. The van der Waals surface area contributed by atoms with Crippen molar-refractivity contribution in [1.29, 1.82) is 0 Å². The van der Waals surface area contributed by atoms with E-state index in [0.29, 0.717) is 18.0 Å². The molecule has 176 valence electrons. The summed E-state index contributed by atoms with van der Waals surface area (Å²) >= 11 is 1.61. The maximum Gasteiger partial charge on any atom is 0.190 e. The number of ether oxygens (including phenoxy) is 3. The molecule has 0 bridgehead atoms. The fourth-order valence-electron chi connectivity index (χ4n) is 4.00. The minimum absolute atomic E-state index is 0.624. The molecule has 2 aromatic heterocycles. The molecule has 0 saturated carbocycles. The Kier molecular flexibility index (Phi) is 6.50. The third-order valence-corrected chi connectivity index (χ3v) is 6.66. The highest BCUT2D eigenvalue weighted by molar-refractivity contribution is 7.07. The quantitative estimate of drug-likeness (QED) is 0.282. The van der Waals surface area contributed by atoms with Gasteiger partial charge in [-0.25, -0.2) is 4.99 Å². The monoisotopic (exact) mass is 483 g/mol. The molecule has 5 rings (SSSR count). The van der Waals surface area contributed by atoms with Gasteiger partial charge in [-0.15, -0.1) is 11.3 Å². The summed E-state index contributed by atoms with van der Waals surface area (Å²) < 4.78 is 18.6. The van der Waals surface area contributed by atoms with Gasteiger partial charge in [0.05, 0.1) is 45.5 Å². The average molecular weight is 484 g/mol. The zero-order valence-corrected chi connectivity index (χ0v) is 20.6. The zero-order valence-electron chi connectivity index (χ0n) is 19.8. The van der Waals surface area contributed by atoms with Crippen LogP contribution in [0.15, 0.2) is 89.5 Å². The van der Waals surface area contributed by atoms with Gasteiger partial charge in [-0.3, -0.25) is 4.98 Å². The lowest BCUT2D eigenvalue weighted by atomic mass is 10.0. The minimum atomic E-state index is 0.624. The van der Waals surface area contributed by atoms with Crippen molar-refractivity contribution in [2.45, 2.75) is 6.54 Å². The summed E-state index contributed by atoms with van der Waals surface area (Å²) in [5.41, 5.74) is 4.10. The Morgan fingerprint density at radius 1 is 0.857 bits per heavy atom. The molecule has 0 saturated heterocycles. The average Bonchev–Trinajstić information content (AvgIpc) is 3.30. The molecule has 0 aliphatic rings. The Morgan fingerprint density at radius 3 is 2.46 bits per heavy atom. The van der Waals surface area contributed by atoms with E-state index in [9.17, 15) is 0 Å². The number of rotatable bonds is 7. The molecule has 0 unspecified atom stereocenters. The van der Waals surface area contributed by atoms with Crippen molar-refractivity contribution in [3.63, 3.8) is 0 Å². The van der Waals surface area contributed by atoms with E-state index < -0.39 is 0 Å². The predicted octanol–water partition coefficient (Wildman–Crippen LogP) is 6.07. The van der Waals surface area contributed by atoms with Crippen LogP contribution in [0.3, 0.4) is 0 Å². The van der Waals surface area contributed by atoms with E-state index in [1.807, 2.05) is 36.4 Å². The van der Waals surface area contributed by atoms with Crippen molar-refractivity contribution in [3.8, 4) is 28.5 Å². The second-order valence-electron chi connectivity index (χ2n) is 7.93. The molecular formula is C28H25N3O3S. The number of fused-ring (bicyclic) bond motifs is 1. The van der Waals surface area contributed by atoms with E-state index in [1.165, 1.54) is 0 Å². The van der Waals surface area contributed by atoms with E-state index in [1.54, 1.807) is 45.1 Å². The second kappa shape index (κ2) is 10.0. The molecule has 0 amide bonds. The van der Waals surface area contributed by atoms with E-state index in [2.05, 4.69) is 45.3 Å². The van der Waals surface area contributed by atoms with Gasteiger partial charge in [0.25, 0.3) is 0 Å². The molecule has 0 aliphatic carbocycles. The molecule has 6 nitrogen and oxygen atoms in total. The maximum atomic E-state index is 5.53. The molecule has 7 heteroatoms. The molecular weight excluding hydrogens is 458 g/mol. The Bertz CT molecular complexity index is 1540. The number of methoxy groups -OCH3 is 3. The molecule has 0 spiro atoms. The third kappa shape index (κ3) is 4.76. The van der Waals surface area contributed by atoms with Crippen molar-refractivity contribution >= 4 is 27.8 Å². The summed E-state index contributed by atoms with van der Waals surface area (Å²) in [5.74, 6) is 2.26. The van der Waals surface area contributed by atoms with Gasteiger partial charge in [0.15, 0.2) is 16.3 Å². The van der Waals surface area contributed by atoms with Crippen LogP contribution >= 0.6 is 11.3 Å². The lowest BCUT2D eigenvalue weighted by Crippen LogP contribution is -2.16. The van der Waals surface area contributed by atoms with Gasteiger partial charge in [0, 0.05) is 11.6 Å². The highest BCUT2D eigenvalue weighted by atomic mass is 32.1. The fraction of sp³-hybridized carbons (Fsp3) is 0.143. The highest BCUT2D eigenvalue weighted by Crippen LogP contribution is 2.30. The summed E-state index contributed by atoms with van der Waals surface area (Å²) in [7, 11) is 4.98. The van der Waals surface area contributed by atoms with Gasteiger partial charge in [0.2, 0.25) is 0 Å². The first-order valence-corrected chi connectivity index (χ1v) is 12.0. The van der Waals surface area contributed by atoms with Gasteiger partial charge >= 0.3 is 0 Å². The second-order valence-corrected chi connectivity index (χ2v) is 8.77. The maximum absolute atomic E-state index is 5.53. The predicted molar refractivity (Wildman–Crippen MR) is 140 cm³/mol. The summed E-state index contributed by atoms with van der Waals surface area (Å²) in [6.45, 7) is 0.624. The van der Waals surface area contributed by atoms with Gasteiger partial charge < -0.3 is 18.8 Å². The van der Waals surface area contributed by atoms with Gasteiger partial charge in [-0.1, -0.05) is 24.3 Å². The Morgan fingerprint density at radius 2 is 1.69 bits per heavy atom. The molecule has 35 heavy (non-hydrogen) atoms. The first-order valence-electron chi connectivity index (χ1n) is 11.1. The van der Waals surface area contributed by atoms with Crippen LogP contribution in [0.1, 0.15) is 5.56 Å². The lowest BCUT2D eigenvalue weighted by molar-refractivity contribution is 0.354. The molecule has 0 atom stereocenters. The first kappa shape index (κ1) is 22.7. The Balaban J connectivity index is 1.63. The molecule has 3 aromatic carbocycles. The first-order chi connectivity index (χ1) is 17.2. The summed E-state index contributed by atoms with van der Waals surface area (Å²) in [6, 6.07) is 22.4. The van der Waals surface area contributed by atoms with Crippen molar-refractivity contribution in [3.05, 3.63) is 94.9 Å². The van der Waals surface area contributed by atoms with Crippen molar-refractivity contribution in [2.75, 3.05) is 21.3 Å². The molecule has 0 radical (unpaired) electrons. The van der Waals surface area contributed by atoms with Crippen LogP contribution in [0.5, 0.6) is 17.2 Å². The zero-order chi connectivity index (χ0) is 24.2. The van der Waals surface area contributed by atoms with Crippen molar-refractivity contribution in [2.24, 2.45) is 4.99 Å². The van der Waals surface area contributed by atoms with Gasteiger partial charge in [-0.05, 0) is 64.4 Å². The van der Waals surface area contributed by atoms with E-state index in [4.69, 9.17) is 19.2 Å². The van der Waals surface area contributed by atoms with Crippen LogP contribution in [-0.4, -0.2) is 30.9 Å². The number of benzene rings is 3. The topological polar surface area (TPSA) is 57.9 Å². The largest absolute Gasteiger partial charge is 0.497 e. The lowest BCUT2D eigenvalue weighted by Gasteiger charge is -2.13. The van der Waals surface area contributed by atoms with Crippen LogP contribution in [0.25, 0.3) is 22.0 Å². The van der Waals surface area contributed by atoms with E-state index >= 15 is 0 Å². The summed E-state index contributed by atoms with van der Waals surface area (Å²) in [6.07, 6.45) is 3.52. The van der Waals surface area contributed by atoms with E-state index in [0.717, 1.165) is 43.8 Å². The van der Waals surface area contributed by atoms with Crippen molar-refractivity contribution < 1.29 is 14.2 Å². The SMILES string of the molecule is COc1ccc2cc(-c3csc(=Nc4cccnc4)n3Cc3ccc(OC)c(OC)c3)ccc2c1. The number of aromatic nitrogens is 2. The molecule has 2 heterocycles. The Labute approximate surface area is 207 Å². The van der Waals surface area contributed by atoms with Crippen LogP contribution in [-0.2, 0) is 6.54 Å². The molecule has 5 aromatic rings. The number of hydrogen-bond acceptors (Lipinski definition) is 6. The Hall–Kier alpha value is -4.10. The molecule has 0 N–H and O–H groups in total. The number of thiazole rings is 1. The fourth-order valence-corrected chi connectivity index (χ4v) is 4.93. The standard InChI is InChI=1S/C28H25N3O3S/c1-32-24-10-9-20-14-22(8-7-21(20)15-24)25-18-35-28(30-23-5-4-12-29-16-23)31(25)17-19-6-11-26(33-2)27(13-19)34-3/h4-16,18H,17H2,1-3H3. The van der Waals surface area contributed by atoms with Crippen LogP contribution < -0.4 is 19.0 Å². The van der Waals surface area contributed by atoms with Crippen LogP contribution in [0.4, 0.5) is 5.69 Å². The van der Waals surface area contributed by atoms with Crippen molar-refractivity contribution in [1.82, 2.24) is 9.55 Å². The minimum Gasteiger partial charge on any atom is -0.497 e. The van der Waals surface area contributed by atoms with Gasteiger partial charge in [-0.2, -0.15) is 0 Å². The third-order valence-electron chi connectivity index (χ3n) is 5.80.